The zero-order valence-electron chi connectivity index (χ0n) is 14.4. The van der Waals surface area contributed by atoms with Crippen molar-refractivity contribution >= 4 is 16.8 Å². The van der Waals surface area contributed by atoms with Crippen molar-refractivity contribution in [1.29, 1.82) is 0 Å². The molecule has 25 heavy (non-hydrogen) atoms. The maximum atomic E-state index is 12.2. The van der Waals surface area contributed by atoms with Gasteiger partial charge >= 0.3 is 0 Å². The van der Waals surface area contributed by atoms with Gasteiger partial charge < -0.3 is 19.7 Å². The fraction of sp³-hybridized carbons (Fsp3) is 0.250. The van der Waals surface area contributed by atoms with Crippen LogP contribution in [0.1, 0.15) is 22.8 Å². The summed E-state index contributed by atoms with van der Waals surface area (Å²) in [4.78, 5) is 12.2. The Kier molecular flexibility index (Phi) is 5.05. The van der Waals surface area contributed by atoms with Crippen molar-refractivity contribution < 1.29 is 14.6 Å². The Morgan fingerprint density at radius 1 is 1.20 bits per heavy atom. The predicted octanol–water partition coefficient (Wildman–Crippen LogP) is 2.81. The van der Waals surface area contributed by atoms with E-state index in [2.05, 4.69) is 9.88 Å². The zero-order chi connectivity index (χ0) is 17.8. The number of aromatic nitrogens is 1. The van der Waals surface area contributed by atoms with Crippen molar-refractivity contribution in [3.8, 4) is 5.75 Å². The van der Waals surface area contributed by atoms with E-state index in [1.54, 1.807) is 20.1 Å². The smallest absolute Gasteiger partial charge is 0.251 e. The summed E-state index contributed by atoms with van der Waals surface area (Å²) in [7, 11) is 1.65. The van der Waals surface area contributed by atoms with Gasteiger partial charge in [-0.05, 0) is 48.2 Å². The molecule has 0 aliphatic rings. The van der Waals surface area contributed by atoms with Gasteiger partial charge in [-0.1, -0.05) is 18.2 Å². The molecule has 5 nitrogen and oxygen atoms in total. The van der Waals surface area contributed by atoms with Crippen LogP contribution in [0.3, 0.4) is 0 Å². The van der Waals surface area contributed by atoms with E-state index in [0.29, 0.717) is 12.1 Å². The topological polar surface area (TPSA) is 63.5 Å². The van der Waals surface area contributed by atoms with Crippen LogP contribution < -0.4 is 10.1 Å². The maximum Gasteiger partial charge on any atom is 0.251 e. The summed E-state index contributed by atoms with van der Waals surface area (Å²) in [6.07, 6.45) is 1.46. The van der Waals surface area contributed by atoms with Crippen molar-refractivity contribution in [2.24, 2.45) is 0 Å². The Balaban J connectivity index is 1.83. The van der Waals surface area contributed by atoms with Crippen molar-refractivity contribution in [3.63, 3.8) is 0 Å². The number of nitrogens with one attached hydrogen (secondary N) is 1. The number of carbonyl (C=O) groups is 1. The highest BCUT2D eigenvalue weighted by molar-refractivity contribution is 5.98. The van der Waals surface area contributed by atoms with Gasteiger partial charge in [0, 0.05) is 30.4 Å². The van der Waals surface area contributed by atoms with Crippen LogP contribution in [0, 0.1) is 0 Å². The van der Waals surface area contributed by atoms with Gasteiger partial charge in [0.2, 0.25) is 0 Å². The molecule has 3 aromatic rings. The summed E-state index contributed by atoms with van der Waals surface area (Å²) in [5.41, 5.74) is 2.74. The van der Waals surface area contributed by atoms with Crippen molar-refractivity contribution in [2.45, 2.75) is 19.6 Å². The molecule has 0 spiro atoms. The van der Waals surface area contributed by atoms with Gasteiger partial charge in [-0.2, -0.15) is 0 Å². The van der Waals surface area contributed by atoms with Crippen LogP contribution in [-0.4, -0.2) is 35.3 Å². The Hall–Kier alpha value is -2.79. The number of rotatable bonds is 6. The van der Waals surface area contributed by atoms with Crippen molar-refractivity contribution in [1.82, 2.24) is 9.88 Å². The lowest BCUT2D eigenvalue weighted by molar-refractivity contribution is 0.0924. The summed E-state index contributed by atoms with van der Waals surface area (Å²) >= 11 is 0. The molecule has 0 aliphatic carbocycles. The molecule has 130 valence electrons. The molecule has 0 bridgehead atoms. The average molecular weight is 338 g/mol. The maximum absolute atomic E-state index is 12.2. The standard InChI is InChI=1S/C20H22N2O3/c1-14(23)12-21-20(24)17-6-5-16-9-10-22(19(16)11-17)13-15-3-7-18(25-2)8-4-15/h3-11,14,23H,12-13H2,1-2H3,(H,21,24). The predicted molar refractivity (Wildman–Crippen MR) is 98.0 cm³/mol. The highest BCUT2D eigenvalue weighted by atomic mass is 16.5. The van der Waals surface area contributed by atoms with Crippen molar-refractivity contribution in [3.05, 3.63) is 65.9 Å². The molecular formula is C20H22N2O3. The molecular weight excluding hydrogens is 316 g/mol. The number of amides is 1. The lowest BCUT2D eigenvalue weighted by atomic mass is 10.1. The van der Waals surface area contributed by atoms with E-state index in [4.69, 9.17) is 4.74 Å². The largest absolute Gasteiger partial charge is 0.497 e. The van der Waals surface area contributed by atoms with Crippen molar-refractivity contribution in [2.75, 3.05) is 13.7 Å². The molecule has 0 radical (unpaired) electrons. The van der Waals surface area contributed by atoms with Crippen LogP contribution in [-0.2, 0) is 6.54 Å². The number of aliphatic hydroxyl groups is 1. The third kappa shape index (κ3) is 4.00. The second-order valence-electron chi connectivity index (χ2n) is 6.12. The summed E-state index contributed by atoms with van der Waals surface area (Å²) in [6, 6.07) is 15.6. The van der Waals surface area contributed by atoms with E-state index in [-0.39, 0.29) is 12.5 Å². The van der Waals surface area contributed by atoms with Crippen LogP contribution >= 0.6 is 0 Å². The minimum atomic E-state index is -0.563. The molecule has 1 aromatic heterocycles. The van der Waals surface area contributed by atoms with Gasteiger partial charge in [0.1, 0.15) is 5.75 Å². The minimum Gasteiger partial charge on any atom is -0.497 e. The van der Waals surface area contributed by atoms with Crippen LogP contribution in [0.4, 0.5) is 0 Å². The summed E-state index contributed by atoms with van der Waals surface area (Å²) in [6.45, 7) is 2.60. The zero-order valence-corrected chi connectivity index (χ0v) is 14.4. The summed E-state index contributed by atoms with van der Waals surface area (Å²) < 4.78 is 7.30. The van der Waals surface area contributed by atoms with Gasteiger partial charge in [0.25, 0.3) is 5.91 Å². The fourth-order valence-corrected chi connectivity index (χ4v) is 2.73. The van der Waals surface area contributed by atoms with E-state index < -0.39 is 6.10 Å². The van der Waals surface area contributed by atoms with Gasteiger partial charge in [-0.3, -0.25) is 4.79 Å². The minimum absolute atomic E-state index is 0.181. The van der Waals surface area contributed by atoms with E-state index in [1.807, 2.05) is 48.7 Å². The Morgan fingerprint density at radius 2 is 1.96 bits per heavy atom. The van der Waals surface area contributed by atoms with Gasteiger partial charge in [0.05, 0.1) is 13.2 Å². The Labute approximate surface area is 146 Å². The first-order valence-electron chi connectivity index (χ1n) is 8.25. The third-order valence-corrected chi connectivity index (χ3v) is 4.11. The molecule has 2 N–H and O–H groups in total. The normalized spacial score (nSPS) is 12.1. The molecule has 1 heterocycles. The van der Waals surface area contributed by atoms with E-state index in [1.165, 1.54) is 0 Å². The monoisotopic (exact) mass is 338 g/mol. The third-order valence-electron chi connectivity index (χ3n) is 4.11. The molecule has 2 aromatic carbocycles. The van der Waals surface area contributed by atoms with E-state index in [0.717, 1.165) is 22.2 Å². The number of methoxy groups -OCH3 is 1. The Bertz CT molecular complexity index is 866. The first-order valence-corrected chi connectivity index (χ1v) is 8.25. The molecule has 0 aliphatic heterocycles. The molecule has 1 unspecified atom stereocenters. The quantitative estimate of drug-likeness (QED) is 0.726. The molecule has 0 saturated heterocycles. The van der Waals surface area contributed by atoms with Gasteiger partial charge in [-0.15, -0.1) is 0 Å². The highest BCUT2D eigenvalue weighted by Crippen LogP contribution is 2.20. The van der Waals surface area contributed by atoms with E-state index in [9.17, 15) is 9.90 Å². The number of benzene rings is 2. The number of carbonyl (C=O) groups excluding carboxylic acids is 1. The Morgan fingerprint density at radius 3 is 2.64 bits per heavy atom. The van der Waals surface area contributed by atoms with Crippen LogP contribution in [0.15, 0.2) is 54.7 Å². The van der Waals surface area contributed by atoms with Gasteiger partial charge in [0.15, 0.2) is 0 Å². The lowest BCUT2D eigenvalue weighted by Gasteiger charge is -2.09. The highest BCUT2D eigenvalue weighted by Gasteiger charge is 2.09. The number of hydrogen-bond acceptors (Lipinski definition) is 3. The van der Waals surface area contributed by atoms with Gasteiger partial charge in [-0.25, -0.2) is 0 Å². The number of nitrogens with zero attached hydrogens (tertiary/aromatic N) is 1. The summed E-state index contributed by atoms with van der Waals surface area (Å²) in [5, 5.41) is 13.1. The van der Waals surface area contributed by atoms with E-state index >= 15 is 0 Å². The second kappa shape index (κ2) is 7.40. The van der Waals surface area contributed by atoms with Crippen LogP contribution in [0.25, 0.3) is 10.9 Å². The molecule has 1 amide bonds. The van der Waals surface area contributed by atoms with Crippen LogP contribution in [0.2, 0.25) is 0 Å². The molecule has 5 heteroatoms. The number of hydrogen-bond donors (Lipinski definition) is 2. The SMILES string of the molecule is COc1ccc(Cn2ccc3ccc(C(=O)NCC(C)O)cc32)cc1. The number of ether oxygens (including phenoxy) is 1. The second-order valence-corrected chi connectivity index (χ2v) is 6.12. The molecule has 1 atom stereocenters. The molecule has 0 saturated carbocycles. The first-order chi connectivity index (χ1) is 12.1. The first kappa shape index (κ1) is 17.0. The number of fused-ring (bicyclic) bond motifs is 1. The molecule has 0 fully saturated rings. The lowest BCUT2D eigenvalue weighted by Crippen LogP contribution is -2.30. The fourth-order valence-electron chi connectivity index (χ4n) is 2.73. The number of aliphatic hydroxyl groups excluding tert-OH is 1. The summed E-state index contributed by atoms with van der Waals surface area (Å²) in [5.74, 6) is 0.651. The van der Waals surface area contributed by atoms with Crippen LogP contribution in [0.5, 0.6) is 5.75 Å². The average Bonchev–Trinajstić information content (AvgIpc) is 3.02. The molecule has 3 rings (SSSR count).